The first-order valence-corrected chi connectivity index (χ1v) is 7.18. The summed E-state index contributed by atoms with van der Waals surface area (Å²) in [6.07, 6.45) is 0.751. The number of anilines is 1. The first-order valence-electron chi connectivity index (χ1n) is 6.36. The molecule has 0 bridgehead atoms. The van der Waals surface area contributed by atoms with Gasteiger partial charge in [-0.3, -0.25) is 4.79 Å². The van der Waals surface area contributed by atoms with Gasteiger partial charge in [0.2, 0.25) is 5.95 Å². The second kappa shape index (κ2) is 5.19. The van der Waals surface area contributed by atoms with Crippen molar-refractivity contribution in [3.63, 3.8) is 0 Å². The van der Waals surface area contributed by atoms with Gasteiger partial charge in [0.05, 0.1) is 5.69 Å². The molecule has 3 aromatic rings. The first-order chi connectivity index (χ1) is 10.5. The SMILES string of the molecule is Cc1ccc(C=O)cc1-c1nc(N)nc2sc(C(=O)O)cc12. The van der Waals surface area contributed by atoms with Crippen molar-refractivity contribution in [3.8, 4) is 11.3 Å². The van der Waals surface area contributed by atoms with Crippen molar-refractivity contribution in [2.24, 2.45) is 0 Å². The van der Waals surface area contributed by atoms with Crippen molar-refractivity contribution in [3.05, 3.63) is 40.3 Å². The van der Waals surface area contributed by atoms with Crippen LogP contribution in [0.5, 0.6) is 0 Å². The minimum atomic E-state index is -1.02. The second-order valence-corrected chi connectivity index (χ2v) is 5.79. The van der Waals surface area contributed by atoms with Gasteiger partial charge in [-0.15, -0.1) is 11.3 Å². The summed E-state index contributed by atoms with van der Waals surface area (Å²) in [6.45, 7) is 1.89. The minimum Gasteiger partial charge on any atom is -0.477 e. The Balaban J connectivity index is 2.34. The van der Waals surface area contributed by atoms with Gasteiger partial charge in [-0.2, -0.15) is 0 Å². The molecule has 0 atom stereocenters. The van der Waals surface area contributed by atoms with E-state index in [1.54, 1.807) is 12.1 Å². The Morgan fingerprint density at radius 1 is 1.32 bits per heavy atom. The molecule has 3 N–H and O–H groups in total. The molecule has 0 unspecified atom stereocenters. The van der Waals surface area contributed by atoms with Crippen LogP contribution >= 0.6 is 11.3 Å². The van der Waals surface area contributed by atoms with Gasteiger partial charge in [-0.1, -0.05) is 12.1 Å². The van der Waals surface area contributed by atoms with Gasteiger partial charge in [0.1, 0.15) is 16.0 Å². The van der Waals surface area contributed by atoms with Crippen LogP contribution in [0.2, 0.25) is 0 Å². The smallest absolute Gasteiger partial charge is 0.345 e. The number of aromatic nitrogens is 2. The molecule has 1 aromatic carbocycles. The maximum absolute atomic E-state index is 11.2. The normalized spacial score (nSPS) is 10.8. The van der Waals surface area contributed by atoms with Gasteiger partial charge in [0.25, 0.3) is 0 Å². The predicted molar refractivity (Wildman–Crippen MR) is 84.3 cm³/mol. The number of carbonyl (C=O) groups excluding carboxylic acids is 1. The van der Waals surface area contributed by atoms with Crippen molar-refractivity contribution in [2.75, 3.05) is 5.73 Å². The molecule has 7 heteroatoms. The van der Waals surface area contributed by atoms with Crippen LogP contribution in [0.25, 0.3) is 21.5 Å². The van der Waals surface area contributed by atoms with Gasteiger partial charge in [-0.05, 0) is 24.6 Å². The molecule has 2 heterocycles. The van der Waals surface area contributed by atoms with Crippen LogP contribution in [0.4, 0.5) is 5.95 Å². The Hall–Kier alpha value is -2.80. The third-order valence-corrected chi connectivity index (χ3v) is 4.29. The summed E-state index contributed by atoms with van der Waals surface area (Å²) in [7, 11) is 0. The number of carboxylic acids is 1. The largest absolute Gasteiger partial charge is 0.477 e. The fourth-order valence-electron chi connectivity index (χ4n) is 2.22. The first kappa shape index (κ1) is 14.2. The van der Waals surface area contributed by atoms with Gasteiger partial charge in [-0.25, -0.2) is 14.8 Å². The van der Waals surface area contributed by atoms with Gasteiger partial charge in [0, 0.05) is 16.5 Å². The molecule has 0 spiro atoms. The predicted octanol–water partition coefficient (Wildman–Crippen LogP) is 2.76. The average Bonchev–Trinajstić information content (AvgIpc) is 2.91. The van der Waals surface area contributed by atoms with Crippen LogP contribution in [0.1, 0.15) is 25.6 Å². The van der Waals surface area contributed by atoms with E-state index in [0.717, 1.165) is 28.7 Å². The standard InChI is InChI=1S/C15H11N3O3S/c1-7-2-3-8(6-19)4-9(7)12-10-5-11(14(20)21)22-13(10)18-15(16)17-12/h2-6H,1H3,(H,20,21)(H2,16,17,18). The summed E-state index contributed by atoms with van der Waals surface area (Å²) >= 11 is 1.04. The zero-order valence-electron chi connectivity index (χ0n) is 11.5. The molecule has 22 heavy (non-hydrogen) atoms. The number of nitrogens with zero attached hydrogens (tertiary/aromatic N) is 2. The molecule has 3 rings (SSSR count). The van der Waals surface area contributed by atoms with Gasteiger partial charge in [0.15, 0.2) is 0 Å². The fourth-order valence-corrected chi connectivity index (χ4v) is 3.09. The number of benzene rings is 1. The zero-order valence-corrected chi connectivity index (χ0v) is 12.3. The Morgan fingerprint density at radius 3 is 2.77 bits per heavy atom. The van der Waals surface area contributed by atoms with Crippen molar-refractivity contribution in [2.45, 2.75) is 6.92 Å². The number of aromatic carboxylic acids is 1. The number of carbonyl (C=O) groups is 2. The number of nitrogens with two attached hydrogens (primary N) is 1. The Morgan fingerprint density at radius 2 is 2.09 bits per heavy atom. The lowest BCUT2D eigenvalue weighted by Gasteiger charge is -2.08. The number of nitrogen functional groups attached to an aromatic ring is 1. The van der Waals surface area contributed by atoms with Crippen LogP contribution in [0, 0.1) is 6.92 Å². The third kappa shape index (κ3) is 2.31. The number of aldehydes is 1. The zero-order chi connectivity index (χ0) is 15.9. The van der Waals surface area contributed by atoms with Crippen LogP contribution in [-0.2, 0) is 0 Å². The molecule has 0 saturated carbocycles. The molecule has 0 saturated heterocycles. The Labute approximate surface area is 129 Å². The molecular weight excluding hydrogens is 302 g/mol. The van der Waals surface area contributed by atoms with Gasteiger partial charge >= 0.3 is 5.97 Å². The quantitative estimate of drug-likeness (QED) is 0.720. The summed E-state index contributed by atoms with van der Waals surface area (Å²) in [5.41, 5.74) is 8.43. The van der Waals surface area contributed by atoms with E-state index in [1.807, 2.05) is 13.0 Å². The average molecular weight is 313 g/mol. The van der Waals surface area contributed by atoms with E-state index >= 15 is 0 Å². The van der Waals surface area contributed by atoms with Crippen molar-refractivity contribution in [1.29, 1.82) is 0 Å². The molecule has 0 radical (unpaired) electrons. The summed E-state index contributed by atoms with van der Waals surface area (Å²) in [5, 5.41) is 9.75. The maximum Gasteiger partial charge on any atom is 0.345 e. The summed E-state index contributed by atoms with van der Waals surface area (Å²) in [4.78, 5) is 31.2. The molecular formula is C15H11N3O3S. The highest BCUT2D eigenvalue weighted by molar-refractivity contribution is 7.20. The summed E-state index contributed by atoms with van der Waals surface area (Å²) in [5.74, 6) is -0.955. The van der Waals surface area contributed by atoms with Crippen molar-refractivity contribution < 1.29 is 14.7 Å². The van der Waals surface area contributed by atoms with E-state index in [9.17, 15) is 9.59 Å². The third-order valence-electron chi connectivity index (χ3n) is 3.27. The van der Waals surface area contributed by atoms with E-state index in [2.05, 4.69) is 9.97 Å². The van der Waals surface area contributed by atoms with Crippen molar-refractivity contribution in [1.82, 2.24) is 9.97 Å². The number of fused-ring (bicyclic) bond motifs is 1. The Kier molecular flexibility index (Phi) is 3.34. The minimum absolute atomic E-state index is 0.0668. The molecule has 0 aliphatic rings. The monoisotopic (exact) mass is 313 g/mol. The number of rotatable bonds is 3. The van der Waals surface area contributed by atoms with Crippen LogP contribution in [0.3, 0.4) is 0 Å². The van der Waals surface area contributed by atoms with E-state index < -0.39 is 5.97 Å². The summed E-state index contributed by atoms with van der Waals surface area (Å²) < 4.78 is 0. The van der Waals surface area contributed by atoms with E-state index in [-0.39, 0.29) is 10.8 Å². The molecule has 6 nitrogen and oxygen atoms in total. The lowest BCUT2D eigenvalue weighted by molar-refractivity contribution is 0.0702. The van der Waals surface area contributed by atoms with E-state index in [0.29, 0.717) is 21.5 Å². The van der Waals surface area contributed by atoms with Gasteiger partial charge < -0.3 is 10.8 Å². The van der Waals surface area contributed by atoms with Crippen LogP contribution in [0.15, 0.2) is 24.3 Å². The molecule has 0 amide bonds. The summed E-state index contributed by atoms with van der Waals surface area (Å²) in [6, 6.07) is 6.77. The number of hydrogen-bond donors (Lipinski definition) is 2. The fraction of sp³-hybridized carbons (Fsp3) is 0.0667. The number of aryl methyl sites for hydroxylation is 1. The highest BCUT2D eigenvalue weighted by Crippen LogP contribution is 2.34. The topological polar surface area (TPSA) is 106 Å². The molecule has 0 fully saturated rings. The molecule has 110 valence electrons. The lowest BCUT2D eigenvalue weighted by Crippen LogP contribution is -1.98. The molecule has 0 aliphatic heterocycles. The number of thiophene rings is 1. The van der Waals surface area contributed by atoms with Crippen LogP contribution in [-0.4, -0.2) is 27.3 Å². The van der Waals surface area contributed by atoms with E-state index in [4.69, 9.17) is 10.8 Å². The maximum atomic E-state index is 11.2. The molecule has 0 aliphatic carbocycles. The van der Waals surface area contributed by atoms with Crippen molar-refractivity contribution >= 4 is 39.8 Å². The van der Waals surface area contributed by atoms with Crippen LogP contribution < -0.4 is 5.73 Å². The second-order valence-electron chi connectivity index (χ2n) is 4.76. The highest BCUT2D eigenvalue weighted by atomic mass is 32.1. The highest BCUT2D eigenvalue weighted by Gasteiger charge is 2.17. The lowest BCUT2D eigenvalue weighted by atomic mass is 10.0. The number of carboxylic acid groups (broad SMARTS) is 1. The molecule has 2 aromatic heterocycles. The Bertz CT molecular complexity index is 918. The number of hydrogen-bond acceptors (Lipinski definition) is 6. The van der Waals surface area contributed by atoms with E-state index in [1.165, 1.54) is 6.07 Å².